The number of hydrogen-bond acceptors (Lipinski definition) is 2. The lowest BCUT2D eigenvalue weighted by Crippen LogP contribution is -2.41. The summed E-state index contributed by atoms with van der Waals surface area (Å²) in [5.41, 5.74) is 0.136. The fourth-order valence-electron chi connectivity index (χ4n) is 2.98. The van der Waals surface area contributed by atoms with Gasteiger partial charge < -0.3 is 9.47 Å². The van der Waals surface area contributed by atoms with Crippen molar-refractivity contribution in [2.45, 2.75) is 31.8 Å². The number of fused-ring (bicyclic) bond motifs is 1. The van der Waals surface area contributed by atoms with Crippen molar-refractivity contribution in [1.82, 2.24) is 9.47 Å². The van der Waals surface area contributed by atoms with Crippen molar-refractivity contribution >= 4 is 10.8 Å². The molecule has 3 rings (SSSR count). The first-order valence-corrected chi connectivity index (χ1v) is 7.04. The molecule has 100 valence electrons. The van der Waals surface area contributed by atoms with Crippen molar-refractivity contribution in [3.05, 3.63) is 46.9 Å². The maximum Gasteiger partial charge on any atom is 0.258 e. The van der Waals surface area contributed by atoms with Crippen LogP contribution in [0.4, 0.5) is 0 Å². The van der Waals surface area contributed by atoms with Crippen LogP contribution in [0.2, 0.25) is 0 Å². The lowest BCUT2D eigenvalue weighted by atomic mass is 10.0. The van der Waals surface area contributed by atoms with E-state index in [1.807, 2.05) is 41.1 Å². The van der Waals surface area contributed by atoms with Crippen molar-refractivity contribution < 1.29 is 0 Å². The zero-order chi connectivity index (χ0) is 13.2. The Morgan fingerprint density at radius 2 is 2.05 bits per heavy atom. The highest BCUT2D eigenvalue weighted by molar-refractivity contribution is 5.81. The van der Waals surface area contributed by atoms with Gasteiger partial charge in [-0.15, -0.1) is 0 Å². The molecule has 3 heteroatoms. The molecule has 1 fully saturated rings. The topological polar surface area (TPSA) is 25.2 Å². The average molecular weight is 256 g/mol. The monoisotopic (exact) mass is 256 g/mol. The van der Waals surface area contributed by atoms with E-state index in [1.165, 1.54) is 19.3 Å². The maximum atomic E-state index is 12.5. The lowest BCUT2D eigenvalue weighted by Gasteiger charge is -2.32. The van der Waals surface area contributed by atoms with E-state index >= 15 is 0 Å². The summed E-state index contributed by atoms with van der Waals surface area (Å²) >= 11 is 0. The molecule has 0 amide bonds. The number of benzene rings is 1. The van der Waals surface area contributed by atoms with Gasteiger partial charge in [0.1, 0.15) is 0 Å². The van der Waals surface area contributed by atoms with E-state index in [-0.39, 0.29) is 5.56 Å². The molecule has 0 saturated carbocycles. The summed E-state index contributed by atoms with van der Waals surface area (Å²) in [7, 11) is 2.16. The summed E-state index contributed by atoms with van der Waals surface area (Å²) in [6, 6.07) is 10.3. The standard InChI is InChI=1S/C16H20N2O/c1-17-10-5-4-7-14(17)12-18-11-9-13-6-2-3-8-15(13)16(18)19/h2-3,6,8-9,11,14H,4-5,7,10,12H2,1H3/t14-/m0/s1. The van der Waals surface area contributed by atoms with Gasteiger partial charge in [0.2, 0.25) is 0 Å². The van der Waals surface area contributed by atoms with E-state index < -0.39 is 0 Å². The normalized spacial score (nSPS) is 20.8. The molecule has 0 unspecified atom stereocenters. The van der Waals surface area contributed by atoms with Gasteiger partial charge in [-0.25, -0.2) is 0 Å². The van der Waals surface area contributed by atoms with Gasteiger partial charge >= 0.3 is 0 Å². The Morgan fingerprint density at radius 3 is 2.89 bits per heavy atom. The first-order valence-electron chi connectivity index (χ1n) is 7.04. The summed E-state index contributed by atoms with van der Waals surface area (Å²) in [6.07, 6.45) is 5.68. The van der Waals surface area contributed by atoms with E-state index in [0.29, 0.717) is 6.04 Å². The molecule has 2 heterocycles. The average Bonchev–Trinajstić information content (AvgIpc) is 2.44. The van der Waals surface area contributed by atoms with Crippen molar-refractivity contribution in [3.63, 3.8) is 0 Å². The largest absolute Gasteiger partial charge is 0.313 e. The zero-order valence-electron chi connectivity index (χ0n) is 11.4. The SMILES string of the molecule is CN1CCCC[C@H]1Cn1ccc2ccccc2c1=O. The molecule has 2 aromatic rings. The molecule has 1 saturated heterocycles. The fraction of sp³-hybridized carbons (Fsp3) is 0.438. The third kappa shape index (κ3) is 2.43. The molecule has 0 aliphatic carbocycles. The number of aromatic nitrogens is 1. The summed E-state index contributed by atoms with van der Waals surface area (Å²) in [5.74, 6) is 0. The third-order valence-electron chi connectivity index (χ3n) is 4.22. The van der Waals surface area contributed by atoms with Crippen LogP contribution in [0.5, 0.6) is 0 Å². The predicted octanol–water partition coefficient (Wildman–Crippen LogP) is 2.49. The number of pyridine rings is 1. The van der Waals surface area contributed by atoms with Gasteiger partial charge in [-0.2, -0.15) is 0 Å². The molecular formula is C16H20N2O. The number of rotatable bonds is 2. The van der Waals surface area contributed by atoms with Gasteiger partial charge in [0.15, 0.2) is 0 Å². The van der Waals surface area contributed by atoms with Crippen molar-refractivity contribution in [2.24, 2.45) is 0 Å². The molecule has 0 N–H and O–H groups in total. The van der Waals surface area contributed by atoms with Gasteiger partial charge in [-0.05, 0) is 44.0 Å². The number of likely N-dealkylation sites (tertiary alicyclic amines) is 1. The smallest absolute Gasteiger partial charge is 0.258 e. The van der Waals surface area contributed by atoms with Crippen LogP contribution >= 0.6 is 0 Å². The lowest BCUT2D eigenvalue weighted by molar-refractivity contribution is 0.166. The number of piperidine rings is 1. The molecule has 0 spiro atoms. The zero-order valence-corrected chi connectivity index (χ0v) is 11.4. The number of hydrogen-bond donors (Lipinski definition) is 0. The molecule has 0 radical (unpaired) electrons. The maximum absolute atomic E-state index is 12.5. The second-order valence-electron chi connectivity index (χ2n) is 5.49. The Balaban J connectivity index is 1.93. The molecule has 0 bridgehead atoms. The van der Waals surface area contributed by atoms with E-state index in [4.69, 9.17) is 0 Å². The Kier molecular flexibility index (Phi) is 3.38. The quantitative estimate of drug-likeness (QED) is 0.825. The molecule has 1 aromatic carbocycles. The van der Waals surface area contributed by atoms with Gasteiger partial charge in [-0.3, -0.25) is 4.79 Å². The van der Waals surface area contributed by atoms with Crippen LogP contribution in [0.1, 0.15) is 19.3 Å². The summed E-state index contributed by atoms with van der Waals surface area (Å²) < 4.78 is 1.87. The molecule has 19 heavy (non-hydrogen) atoms. The summed E-state index contributed by atoms with van der Waals surface area (Å²) in [4.78, 5) is 14.8. The Hall–Kier alpha value is -1.61. The second-order valence-corrected chi connectivity index (χ2v) is 5.49. The van der Waals surface area contributed by atoms with Crippen LogP contribution in [0.3, 0.4) is 0 Å². The highest BCUT2D eigenvalue weighted by Gasteiger charge is 2.19. The van der Waals surface area contributed by atoms with E-state index in [0.717, 1.165) is 23.9 Å². The first-order chi connectivity index (χ1) is 9.25. The minimum atomic E-state index is 0.136. The second kappa shape index (κ2) is 5.17. The third-order valence-corrected chi connectivity index (χ3v) is 4.22. The highest BCUT2D eigenvalue weighted by atomic mass is 16.1. The van der Waals surface area contributed by atoms with Gasteiger partial charge in [0, 0.05) is 24.2 Å². The highest BCUT2D eigenvalue weighted by Crippen LogP contribution is 2.16. The molecule has 1 aromatic heterocycles. The number of nitrogens with zero attached hydrogens (tertiary/aromatic N) is 2. The van der Waals surface area contributed by atoms with E-state index in [9.17, 15) is 4.79 Å². The minimum absolute atomic E-state index is 0.136. The van der Waals surface area contributed by atoms with Crippen molar-refractivity contribution in [3.8, 4) is 0 Å². The van der Waals surface area contributed by atoms with Crippen LogP contribution in [-0.2, 0) is 6.54 Å². The Labute approximate surface area is 113 Å². The van der Waals surface area contributed by atoms with Crippen LogP contribution in [0.25, 0.3) is 10.8 Å². The summed E-state index contributed by atoms with van der Waals surface area (Å²) in [6.45, 7) is 1.95. The van der Waals surface area contributed by atoms with Crippen molar-refractivity contribution in [1.29, 1.82) is 0 Å². The molecule has 1 aliphatic heterocycles. The Morgan fingerprint density at radius 1 is 1.21 bits per heavy atom. The van der Waals surface area contributed by atoms with Gasteiger partial charge in [0.25, 0.3) is 5.56 Å². The first kappa shape index (κ1) is 12.4. The summed E-state index contributed by atoms with van der Waals surface area (Å²) in [5, 5.41) is 1.85. The van der Waals surface area contributed by atoms with Crippen LogP contribution < -0.4 is 5.56 Å². The van der Waals surface area contributed by atoms with Gasteiger partial charge in [0.05, 0.1) is 0 Å². The number of likely N-dealkylation sites (N-methyl/N-ethyl adjacent to an activating group) is 1. The van der Waals surface area contributed by atoms with Crippen LogP contribution in [0, 0.1) is 0 Å². The van der Waals surface area contributed by atoms with E-state index in [1.54, 1.807) is 0 Å². The molecular weight excluding hydrogens is 236 g/mol. The predicted molar refractivity (Wildman–Crippen MR) is 78.5 cm³/mol. The Bertz CT molecular complexity index is 632. The molecule has 1 atom stereocenters. The van der Waals surface area contributed by atoms with Crippen LogP contribution in [0.15, 0.2) is 41.3 Å². The fourth-order valence-corrected chi connectivity index (χ4v) is 2.98. The van der Waals surface area contributed by atoms with Gasteiger partial charge in [-0.1, -0.05) is 24.6 Å². The van der Waals surface area contributed by atoms with Crippen molar-refractivity contribution in [2.75, 3.05) is 13.6 Å². The van der Waals surface area contributed by atoms with E-state index in [2.05, 4.69) is 11.9 Å². The van der Waals surface area contributed by atoms with Crippen LogP contribution in [-0.4, -0.2) is 29.1 Å². The minimum Gasteiger partial charge on any atom is -0.313 e. The molecule has 1 aliphatic rings. The molecule has 3 nitrogen and oxygen atoms in total.